The Balaban J connectivity index is 1.66. The molecule has 23 heavy (non-hydrogen) atoms. The summed E-state index contributed by atoms with van der Waals surface area (Å²) in [6.07, 6.45) is 1.82. The molecule has 3 rings (SSSR count). The van der Waals surface area contributed by atoms with Crippen molar-refractivity contribution < 1.29 is 14.6 Å². The standard InChI is InChI=1S/C16H19N3O3S/c1-11-14(3-2-6-17-11)22-15-5-8-19(7-4-13(15)20)16(21)12-9-23-10-18-12/h2-3,6,9-10,13,15,20H,4-5,7-8H2,1H3/t13-,15-/m0/s1. The van der Waals surface area contributed by atoms with E-state index in [-0.39, 0.29) is 12.0 Å². The predicted octanol–water partition coefficient (Wildman–Crippen LogP) is 1.89. The van der Waals surface area contributed by atoms with Crippen molar-refractivity contribution in [1.29, 1.82) is 0 Å². The van der Waals surface area contributed by atoms with E-state index in [4.69, 9.17) is 4.74 Å². The highest BCUT2D eigenvalue weighted by Gasteiger charge is 2.29. The number of likely N-dealkylation sites (tertiary alicyclic amines) is 1. The van der Waals surface area contributed by atoms with E-state index >= 15 is 0 Å². The summed E-state index contributed by atoms with van der Waals surface area (Å²) in [5, 5.41) is 12.1. The Kier molecular flexibility index (Phi) is 4.88. The maximum absolute atomic E-state index is 12.4. The summed E-state index contributed by atoms with van der Waals surface area (Å²) in [5.74, 6) is 0.590. The molecule has 7 heteroatoms. The number of hydrogen-bond donors (Lipinski definition) is 1. The number of ether oxygens (including phenoxy) is 1. The van der Waals surface area contributed by atoms with E-state index in [1.807, 2.05) is 19.1 Å². The Labute approximate surface area is 138 Å². The first-order valence-corrected chi connectivity index (χ1v) is 8.53. The Morgan fingerprint density at radius 2 is 2.22 bits per heavy atom. The molecule has 0 saturated carbocycles. The van der Waals surface area contributed by atoms with Crippen LogP contribution < -0.4 is 4.74 Å². The van der Waals surface area contributed by atoms with Gasteiger partial charge in [0, 0.05) is 31.1 Å². The number of aryl methyl sites for hydroxylation is 1. The topological polar surface area (TPSA) is 75.5 Å². The molecule has 1 saturated heterocycles. The minimum Gasteiger partial charge on any atom is -0.486 e. The number of carbonyl (C=O) groups excluding carboxylic acids is 1. The third-order valence-electron chi connectivity index (χ3n) is 3.98. The van der Waals surface area contributed by atoms with Crippen molar-refractivity contribution in [3.8, 4) is 5.75 Å². The number of amides is 1. The fraction of sp³-hybridized carbons (Fsp3) is 0.438. The molecular weight excluding hydrogens is 314 g/mol. The lowest BCUT2D eigenvalue weighted by molar-refractivity contribution is 0.0343. The summed E-state index contributed by atoms with van der Waals surface area (Å²) in [6.45, 7) is 2.91. The summed E-state index contributed by atoms with van der Waals surface area (Å²) in [5.41, 5.74) is 2.91. The number of thiazole rings is 1. The highest BCUT2D eigenvalue weighted by Crippen LogP contribution is 2.22. The average molecular weight is 333 g/mol. The van der Waals surface area contributed by atoms with Gasteiger partial charge in [-0.05, 0) is 25.5 Å². The van der Waals surface area contributed by atoms with Crippen LogP contribution in [0.4, 0.5) is 0 Å². The molecule has 0 aliphatic carbocycles. The monoisotopic (exact) mass is 333 g/mol. The zero-order valence-electron chi connectivity index (χ0n) is 12.9. The lowest BCUT2D eigenvalue weighted by atomic mass is 10.1. The number of carbonyl (C=O) groups is 1. The zero-order valence-corrected chi connectivity index (χ0v) is 13.7. The van der Waals surface area contributed by atoms with Crippen LogP contribution in [-0.2, 0) is 0 Å². The summed E-state index contributed by atoms with van der Waals surface area (Å²) in [7, 11) is 0. The minimum atomic E-state index is -0.608. The van der Waals surface area contributed by atoms with Crippen molar-refractivity contribution in [2.75, 3.05) is 13.1 Å². The molecule has 0 spiro atoms. The summed E-state index contributed by atoms with van der Waals surface area (Å²) in [6, 6.07) is 3.65. The van der Waals surface area contributed by atoms with Crippen molar-refractivity contribution in [3.05, 3.63) is 40.6 Å². The zero-order chi connectivity index (χ0) is 16.2. The Bertz CT molecular complexity index is 662. The van der Waals surface area contributed by atoms with E-state index < -0.39 is 6.10 Å². The second-order valence-electron chi connectivity index (χ2n) is 5.55. The van der Waals surface area contributed by atoms with Gasteiger partial charge in [0.1, 0.15) is 17.5 Å². The van der Waals surface area contributed by atoms with Gasteiger partial charge in [0.15, 0.2) is 0 Å². The van der Waals surface area contributed by atoms with Gasteiger partial charge in [-0.2, -0.15) is 0 Å². The van der Waals surface area contributed by atoms with Crippen molar-refractivity contribution >= 4 is 17.2 Å². The maximum atomic E-state index is 12.4. The largest absolute Gasteiger partial charge is 0.486 e. The van der Waals surface area contributed by atoms with Crippen LogP contribution in [0.1, 0.15) is 29.0 Å². The number of nitrogens with zero attached hydrogens (tertiary/aromatic N) is 3. The van der Waals surface area contributed by atoms with E-state index in [9.17, 15) is 9.90 Å². The first kappa shape index (κ1) is 15.9. The van der Waals surface area contributed by atoms with E-state index in [1.54, 1.807) is 22.0 Å². The normalized spacial score (nSPS) is 21.7. The molecule has 1 amide bonds. The van der Waals surface area contributed by atoms with Gasteiger partial charge in [0.2, 0.25) is 0 Å². The second kappa shape index (κ2) is 7.06. The number of aromatic nitrogens is 2. The van der Waals surface area contributed by atoms with Gasteiger partial charge in [-0.15, -0.1) is 11.3 Å². The van der Waals surface area contributed by atoms with Crippen LogP contribution in [0.5, 0.6) is 5.75 Å². The van der Waals surface area contributed by atoms with Crippen LogP contribution in [0.2, 0.25) is 0 Å². The smallest absolute Gasteiger partial charge is 0.273 e. The molecule has 2 aromatic rings. The van der Waals surface area contributed by atoms with E-state index in [2.05, 4.69) is 9.97 Å². The lowest BCUT2D eigenvalue weighted by Gasteiger charge is -2.22. The van der Waals surface area contributed by atoms with Crippen LogP contribution in [0, 0.1) is 6.92 Å². The molecule has 1 N–H and O–H groups in total. The summed E-state index contributed by atoms with van der Waals surface area (Å²) >= 11 is 1.40. The maximum Gasteiger partial charge on any atom is 0.273 e. The number of pyridine rings is 1. The number of aliphatic hydroxyl groups excluding tert-OH is 1. The second-order valence-corrected chi connectivity index (χ2v) is 6.27. The van der Waals surface area contributed by atoms with Gasteiger partial charge in [-0.1, -0.05) is 0 Å². The number of aliphatic hydroxyl groups is 1. The van der Waals surface area contributed by atoms with E-state index in [1.165, 1.54) is 11.3 Å². The Morgan fingerprint density at radius 1 is 1.39 bits per heavy atom. The molecule has 0 aromatic carbocycles. The quantitative estimate of drug-likeness (QED) is 0.928. The van der Waals surface area contributed by atoms with Gasteiger partial charge in [0.25, 0.3) is 5.91 Å². The van der Waals surface area contributed by atoms with Gasteiger partial charge in [0.05, 0.1) is 17.3 Å². The minimum absolute atomic E-state index is 0.0864. The lowest BCUT2D eigenvalue weighted by Crippen LogP contribution is -2.33. The molecule has 6 nitrogen and oxygen atoms in total. The molecule has 1 aliphatic heterocycles. The summed E-state index contributed by atoms with van der Waals surface area (Å²) in [4.78, 5) is 22.4. The average Bonchev–Trinajstić information content (AvgIpc) is 3.03. The molecule has 0 bridgehead atoms. The van der Waals surface area contributed by atoms with Crippen LogP contribution in [-0.4, -0.2) is 51.2 Å². The number of hydrogen-bond acceptors (Lipinski definition) is 6. The van der Waals surface area contributed by atoms with Crippen molar-refractivity contribution in [1.82, 2.24) is 14.9 Å². The van der Waals surface area contributed by atoms with Gasteiger partial charge in [-0.25, -0.2) is 4.98 Å². The third-order valence-corrected chi connectivity index (χ3v) is 4.57. The Hall–Kier alpha value is -1.99. The van der Waals surface area contributed by atoms with Crippen LogP contribution in [0.25, 0.3) is 0 Å². The van der Waals surface area contributed by atoms with Crippen molar-refractivity contribution in [2.24, 2.45) is 0 Å². The fourth-order valence-corrected chi connectivity index (χ4v) is 3.16. The molecule has 2 aromatic heterocycles. The van der Waals surface area contributed by atoms with Crippen molar-refractivity contribution in [3.63, 3.8) is 0 Å². The van der Waals surface area contributed by atoms with E-state index in [0.29, 0.717) is 37.4 Å². The Morgan fingerprint density at radius 3 is 2.96 bits per heavy atom. The molecular formula is C16H19N3O3S. The molecule has 3 heterocycles. The first-order chi connectivity index (χ1) is 11.1. The highest BCUT2D eigenvalue weighted by molar-refractivity contribution is 7.07. The van der Waals surface area contributed by atoms with Gasteiger partial charge < -0.3 is 14.7 Å². The third kappa shape index (κ3) is 3.68. The van der Waals surface area contributed by atoms with Crippen LogP contribution in [0.3, 0.4) is 0 Å². The number of rotatable bonds is 3. The fourth-order valence-electron chi connectivity index (χ4n) is 2.64. The molecule has 1 aliphatic rings. The predicted molar refractivity (Wildman–Crippen MR) is 86.6 cm³/mol. The SMILES string of the molecule is Cc1ncccc1O[C@H]1CCN(C(=O)c2cscn2)CC[C@@H]1O. The summed E-state index contributed by atoms with van der Waals surface area (Å²) < 4.78 is 5.93. The molecule has 2 atom stereocenters. The molecule has 0 unspecified atom stereocenters. The molecule has 0 radical (unpaired) electrons. The van der Waals surface area contributed by atoms with Crippen molar-refractivity contribution in [2.45, 2.75) is 32.0 Å². The van der Waals surface area contributed by atoms with E-state index in [0.717, 1.165) is 5.69 Å². The van der Waals surface area contributed by atoms with Crippen LogP contribution >= 0.6 is 11.3 Å². The molecule has 122 valence electrons. The van der Waals surface area contributed by atoms with Gasteiger partial charge >= 0.3 is 0 Å². The highest BCUT2D eigenvalue weighted by atomic mass is 32.1. The van der Waals surface area contributed by atoms with Gasteiger partial charge in [-0.3, -0.25) is 9.78 Å². The van der Waals surface area contributed by atoms with Crippen LogP contribution in [0.15, 0.2) is 29.2 Å². The molecule has 1 fully saturated rings. The first-order valence-electron chi connectivity index (χ1n) is 7.59.